The van der Waals surface area contributed by atoms with Gasteiger partial charge in [-0.25, -0.2) is 4.79 Å². The van der Waals surface area contributed by atoms with Crippen LogP contribution in [0.15, 0.2) is 5.16 Å². The van der Waals surface area contributed by atoms with E-state index in [1.165, 1.54) is 14.0 Å². The van der Waals surface area contributed by atoms with Crippen LogP contribution in [0.4, 0.5) is 0 Å². The second kappa shape index (κ2) is 7.43. The van der Waals surface area contributed by atoms with Gasteiger partial charge >= 0.3 is 5.97 Å². The summed E-state index contributed by atoms with van der Waals surface area (Å²) in [5.41, 5.74) is -0.220. The molecule has 1 heterocycles. The van der Waals surface area contributed by atoms with E-state index in [0.717, 1.165) is 0 Å². The SMILES string of the molecule is COCCNC(=O)C(C)NC(=O)C1CC(C(=O)O)=NO1. The molecule has 3 N–H and O–H groups in total. The Morgan fingerprint density at radius 2 is 2.25 bits per heavy atom. The van der Waals surface area contributed by atoms with Crippen molar-refractivity contribution in [2.45, 2.75) is 25.5 Å². The summed E-state index contributed by atoms with van der Waals surface area (Å²) in [5.74, 6) is -2.18. The summed E-state index contributed by atoms with van der Waals surface area (Å²) in [4.78, 5) is 38.7. The summed E-state index contributed by atoms with van der Waals surface area (Å²) in [7, 11) is 1.51. The average Bonchev–Trinajstić information content (AvgIpc) is 2.88. The molecule has 0 saturated heterocycles. The first-order valence-corrected chi connectivity index (χ1v) is 5.98. The number of oxime groups is 1. The van der Waals surface area contributed by atoms with Crippen LogP contribution in [0.3, 0.4) is 0 Å². The van der Waals surface area contributed by atoms with Crippen molar-refractivity contribution < 1.29 is 29.1 Å². The zero-order valence-corrected chi connectivity index (χ0v) is 11.2. The van der Waals surface area contributed by atoms with Gasteiger partial charge in [0.15, 0.2) is 5.71 Å². The van der Waals surface area contributed by atoms with Gasteiger partial charge < -0.3 is 25.3 Å². The molecule has 0 fully saturated rings. The fourth-order valence-electron chi connectivity index (χ4n) is 1.45. The fraction of sp³-hybridized carbons (Fsp3) is 0.636. The van der Waals surface area contributed by atoms with E-state index in [1.807, 2.05) is 0 Å². The van der Waals surface area contributed by atoms with Crippen LogP contribution in [0.5, 0.6) is 0 Å². The highest BCUT2D eigenvalue weighted by Crippen LogP contribution is 2.10. The zero-order chi connectivity index (χ0) is 15.1. The lowest BCUT2D eigenvalue weighted by Gasteiger charge is -2.15. The Hall–Kier alpha value is -2.16. The molecular weight excluding hydrogens is 270 g/mol. The Morgan fingerprint density at radius 3 is 2.80 bits per heavy atom. The van der Waals surface area contributed by atoms with Crippen LogP contribution >= 0.6 is 0 Å². The standard InChI is InChI=1S/C11H17N3O6/c1-6(9(15)12-3-4-19-2)13-10(16)8-5-7(11(17)18)14-20-8/h6,8H,3-5H2,1-2H3,(H,12,15)(H,13,16)(H,17,18). The molecule has 1 aliphatic heterocycles. The zero-order valence-electron chi connectivity index (χ0n) is 11.2. The number of rotatable bonds is 7. The third-order valence-corrected chi connectivity index (χ3v) is 2.57. The summed E-state index contributed by atoms with van der Waals surface area (Å²) in [6.07, 6.45) is -1.14. The number of nitrogens with zero attached hydrogens (tertiary/aromatic N) is 1. The van der Waals surface area contributed by atoms with Gasteiger partial charge in [0, 0.05) is 20.1 Å². The van der Waals surface area contributed by atoms with Crippen LogP contribution in [0, 0.1) is 0 Å². The van der Waals surface area contributed by atoms with E-state index in [1.54, 1.807) is 0 Å². The molecule has 9 nitrogen and oxygen atoms in total. The maximum Gasteiger partial charge on any atom is 0.353 e. The molecule has 1 aliphatic rings. The quantitative estimate of drug-likeness (QED) is 0.488. The second-order valence-corrected chi connectivity index (χ2v) is 4.16. The number of carbonyl (C=O) groups is 3. The Bertz CT molecular complexity index is 422. The number of carbonyl (C=O) groups excluding carboxylic acids is 2. The summed E-state index contributed by atoms with van der Waals surface area (Å²) < 4.78 is 4.78. The lowest BCUT2D eigenvalue weighted by molar-refractivity contribution is -0.135. The van der Waals surface area contributed by atoms with Crippen LogP contribution in [-0.4, -0.2) is 61.0 Å². The molecule has 0 spiro atoms. The first kappa shape index (κ1) is 15.9. The number of ether oxygens (including phenoxy) is 1. The largest absolute Gasteiger partial charge is 0.477 e. The van der Waals surface area contributed by atoms with Gasteiger partial charge in [-0.15, -0.1) is 0 Å². The van der Waals surface area contributed by atoms with E-state index in [0.29, 0.717) is 13.2 Å². The highest BCUT2D eigenvalue weighted by molar-refractivity contribution is 6.36. The molecule has 0 saturated carbocycles. The first-order chi connectivity index (χ1) is 9.45. The molecule has 0 bridgehead atoms. The third-order valence-electron chi connectivity index (χ3n) is 2.57. The molecular formula is C11H17N3O6. The maximum atomic E-state index is 11.8. The molecule has 2 amide bonds. The van der Waals surface area contributed by atoms with Gasteiger partial charge in [0.25, 0.3) is 5.91 Å². The van der Waals surface area contributed by atoms with Crippen LogP contribution in [0.2, 0.25) is 0 Å². The topological polar surface area (TPSA) is 126 Å². The van der Waals surface area contributed by atoms with Gasteiger partial charge in [-0.3, -0.25) is 9.59 Å². The van der Waals surface area contributed by atoms with Crippen molar-refractivity contribution in [1.29, 1.82) is 0 Å². The van der Waals surface area contributed by atoms with Gasteiger partial charge in [0.05, 0.1) is 6.61 Å². The molecule has 9 heteroatoms. The van der Waals surface area contributed by atoms with E-state index in [-0.39, 0.29) is 18.0 Å². The molecule has 20 heavy (non-hydrogen) atoms. The van der Waals surface area contributed by atoms with E-state index in [4.69, 9.17) is 14.7 Å². The van der Waals surface area contributed by atoms with E-state index in [9.17, 15) is 14.4 Å². The molecule has 112 valence electrons. The predicted molar refractivity (Wildman–Crippen MR) is 67.1 cm³/mol. The molecule has 0 aromatic carbocycles. The van der Waals surface area contributed by atoms with Crippen LogP contribution in [0.25, 0.3) is 0 Å². The van der Waals surface area contributed by atoms with Crippen molar-refractivity contribution in [2.24, 2.45) is 5.16 Å². The highest BCUT2D eigenvalue weighted by atomic mass is 16.6. The minimum absolute atomic E-state index is 0.126. The average molecular weight is 287 g/mol. The lowest BCUT2D eigenvalue weighted by Crippen LogP contribution is -2.48. The summed E-state index contributed by atoms with van der Waals surface area (Å²) in [6.45, 7) is 2.21. The van der Waals surface area contributed by atoms with Gasteiger partial charge in [-0.1, -0.05) is 5.16 Å². The number of methoxy groups -OCH3 is 1. The number of nitrogens with one attached hydrogen (secondary N) is 2. The Balaban J connectivity index is 2.36. The molecule has 0 aromatic rings. The van der Waals surface area contributed by atoms with Crippen LogP contribution < -0.4 is 10.6 Å². The van der Waals surface area contributed by atoms with Crippen LogP contribution in [-0.2, 0) is 24.0 Å². The molecule has 1 rings (SSSR count). The van der Waals surface area contributed by atoms with Gasteiger partial charge in [0.1, 0.15) is 6.04 Å². The minimum Gasteiger partial charge on any atom is -0.477 e. The van der Waals surface area contributed by atoms with Gasteiger partial charge in [-0.2, -0.15) is 0 Å². The van der Waals surface area contributed by atoms with E-state index in [2.05, 4.69) is 15.8 Å². The first-order valence-electron chi connectivity index (χ1n) is 5.98. The van der Waals surface area contributed by atoms with Crippen molar-refractivity contribution >= 4 is 23.5 Å². The smallest absolute Gasteiger partial charge is 0.353 e. The van der Waals surface area contributed by atoms with Crippen molar-refractivity contribution in [3.05, 3.63) is 0 Å². The van der Waals surface area contributed by atoms with Gasteiger partial charge in [-0.05, 0) is 6.92 Å². The molecule has 0 radical (unpaired) electrons. The lowest BCUT2D eigenvalue weighted by atomic mass is 10.1. The predicted octanol–water partition coefficient (Wildman–Crippen LogP) is -1.52. The summed E-state index contributed by atoms with van der Waals surface area (Å²) >= 11 is 0. The number of carboxylic acids is 1. The van der Waals surface area contributed by atoms with E-state index < -0.39 is 24.0 Å². The Kier molecular flexibility index (Phi) is 5.91. The maximum absolute atomic E-state index is 11.8. The highest BCUT2D eigenvalue weighted by Gasteiger charge is 2.32. The monoisotopic (exact) mass is 287 g/mol. The summed E-state index contributed by atoms with van der Waals surface area (Å²) in [6, 6.07) is -0.767. The van der Waals surface area contributed by atoms with Crippen molar-refractivity contribution in [3.8, 4) is 0 Å². The number of hydrogen-bond donors (Lipinski definition) is 3. The molecule has 0 aromatic heterocycles. The molecule has 2 unspecified atom stereocenters. The van der Waals surface area contributed by atoms with Crippen molar-refractivity contribution in [1.82, 2.24) is 10.6 Å². The Morgan fingerprint density at radius 1 is 1.55 bits per heavy atom. The van der Waals surface area contributed by atoms with E-state index >= 15 is 0 Å². The van der Waals surface area contributed by atoms with Crippen molar-refractivity contribution in [2.75, 3.05) is 20.3 Å². The fourth-order valence-corrected chi connectivity index (χ4v) is 1.45. The number of carboxylic acid groups (broad SMARTS) is 1. The Labute approximate surface area is 115 Å². The van der Waals surface area contributed by atoms with Gasteiger partial charge in [0.2, 0.25) is 12.0 Å². The third kappa shape index (κ3) is 4.50. The normalized spacial score (nSPS) is 18.7. The summed E-state index contributed by atoms with van der Waals surface area (Å²) in [5, 5.41) is 17.0. The molecule has 0 aliphatic carbocycles. The van der Waals surface area contributed by atoms with Crippen LogP contribution in [0.1, 0.15) is 13.3 Å². The van der Waals surface area contributed by atoms with Crippen molar-refractivity contribution in [3.63, 3.8) is 0 Å². The minimum atomic E-state index is -1.23. The number of amides is 2. The second-order valence-electron chi connectivity index (χ2n) is 4.16. The number of hydrogen-bond acceptors (Lipinski definition) is 6. The molecule has 2 atom stereocenters. The number of aliphatic carboxylic acids is 1.